The van der Waals surface area contributed by atoms with E-state index in [0.717, 1.165) is 5.39 Å². The van der Waals surface area contributed by atoms with Crippen LogP contribution in [0.3, 0.4) is 0 Å². The van der Waals surface area contributed by atoms with Gasteiger partial charge in [-0.05, 0) is 18.2 Å². The normalized spacial score (nSPS) is 10.4. The van der Waals surface area contributed by atoms with Gasteiger partial charge in [0.1, 0.15) is 0 Å². The molecule has 0 spiro atoms. The van der Waals surface area contributed by atoms with Gasteiger partial charge in [-0.1, -0.05) is 11.6 Å². The fourth-order valence-electron chi connectivity index (χ4n) is 1.26. The Balaban J connectivity index is 2.72. The van der Waals surface area contributed by atoms with Gasteiger partial charge < -0.3 is 4.42 Å². The zero-order chi connectivity index (χ0) is 10.1. The molecule has 70 valence electrons. The monoisotopic (exact) mass is 208 g/mol. The zero-order valence-electron chi connectivity index (χ0n) is 6.99. The Morgan fingerprint density at radius 3 is 2.93 bits per heavy atom. The van der Waals surface area contributed by atoms with Gasteiger partial charge in [-0.2, -0.15) is 0 Å². The first-order valence-electron chi connectivity index (χ1n) is 3.88. The molecule has 0 saturated heterocycles. The van der Waals surface area contributed by atoms with Gasteiger partial charge in [0.05, 0.1) is 6.26 Å². The number of rotatable bonds is 2. The van der Waals surface area contributed by atoms with Gasteiger partial charge in [0, 0.05) is 15.8 Å². The van der Waals surface area contributed by atoms with Crippen molar-refractivity contribution < 1.29 is 14.0 Å². The molecule has 0 amide bonds. The summed E-state index contributed by atoms with van der Waals surface area (Å²) in [5.41, 5.74) is 0. The Morgan fingerprint density at radius 2 is 2.21 bits per heavy atom. The Bertz CT molecular complexity index is 513. The summed E-state index contributed by atoms with van der Waals surface area (Å²) in [6.45, 7) is 0. The summed E-state index contributed by atoms with van der Waals surface area (Å²) in [4.78, 5) is 21.4. The molecule has 0 aliphatic carbocycles. The number of ketones is 1. The highest BCUT2D eigenvalue weighted by Gasteiger charge is 2.13. The van der Waals surface area contributed by atoms with Crippen molar-refractivity contribution in [1.82, 2.24) is 0 Å². The molecule has 3 nitrogen and oxygen atoms in total. The number of carbonyl (C=O) groups excluding carboxylic acids is 2. The summed E-state index contributed by atoms with van der Waals surface area (Å²) < 4.78 is 4.98. The van der Waals surface area contributed by atoms with Crippen LogP contribution in [0.15, 0.2) is 28.9 Å². The highest BCUT2D eigenvalue weighted by Crippen LogP contribution is 2.24. The Labute approximate surface area is 84.3 Å². The summed E-state index contributed by atoms with van der Waals surface area (Å²) in [6, 6.07) is 5.01. The largest absolute Gasteiger partial charge is 0.459 e. The van der Waals surface area contributed by atoms with Gasteiger partial charge in [0.25, 0.3) is 5.78 Å². The molecule has 2 rings (SSSR count). The van der Waals surface area contributed by atoms with Gasteiger partial charge in [-0.25, -0.2) is 0 Å². The molecule has 0 aliphatic rings. The van der Waals surface area contributed by atoms with E-state index in [4.69, 9.17) is 16.0 Å². The maximum atomic E-state index is 11.1. The van der Waals surface area contributed by atoms with E-state index in [1.165, 1.54) is 6.26 Å². The molecule has 0 atom stereocenters. The van der Waals surface area contributed by atoms with E-state index in [9.17, 15) is 9.59 Å². The van der Waals surface area contributed by atoms with Crippen LogP contribution < -0.4 is 0 Å². The van der Waals surface area contributed by atoms with Crippen LogP contribution >= 0.6 is 11.6 Å². The molecule has 14 heavy (non-hydrogen) atoms. The number of hydrogen-bond acceptors (Lipinski definition) is 3. The standard InChI is InChI=1S/C10H5ClO3/c11-7-2-1-6-5-14-10(8(6)3-7)9(13)4-12/h1-5H. The lowest BCUT2D eigenvalue weighted by Gasteiger charge is -1.91. The molecule has 1 aromatic carbocycles. The predicted octanol–water partition coefficient (Wildman–Crippen LogP) is 2.47. The number of benzene rings is 1. The first-order chi connectivity index (χ1) is 6.72. The maximum Gasteiger partial charge on any atom is 0.261 e. The fraction of sp³-hybridized carbons (Fsp3) is 0. The molecule has 4 heteroatoms. The minimum absolute atomic E-state index is 0.0394. The van der Waals surface area contributed by atoms with E-state index < -0.39 is 5.78 Å². The highest BCUT2D eigenvalue weighted by atomic mass is 35.5. The van der Waals surface area contributed by atoms with E-state index in [-0.39, 0.29) is 12.0 Å². The second kappa shape index (κ2) is 3.27. The highest BCUT2D eigenvalue weighted by molar-refractivity contribution is 6.36. The Hall–Kier alpha value is -1.61. The molecule has 0 radical (unpaired) electrons. The molecule has 0 bridgehead atoms. The minimum Gasteiger partial charge on any atom is -0.459 e. The lowest BCUT2D eigenvalue weighted by Crippen LogP contribution is -1.97. The van der Waals surface area contributed by atoms with Crippen molar-refractivity contribution in [2.24, 2.45) is 0 Å². The summed E-state index contributed by atoms with van der Waals surface area (Å²) in [6.07, 6.45) is 1.64. The third-order valence-corrected chi connectivity index (χ3v) is 2.13. The molecule has 0 aliphatic heterocycles. The molecule has 1 heterocycles. The van der Waals surface area contributed by atoms with Crippen LogP contribution in [0.2, 0.25) is 5.02 Å². The second-order valence-electron chi connectivity index (χ2n) is 2.78. The maximum absolute atomic E-state index is 11.1. The first-order valence-corrected chi connectivity index (χ1v) is 4.26. The number of carbonyl (C=O) groups is 2. The van der Waals surface area contributed by atoms with Crippen LogP contribution in [0.5, 0.6) is 0 Å². The van der Waals surface area contributed by atoms with Crippen LogP contribution in [0, 0.1) is 0 Å². The van der Waals surface area contributed by atoms with E-state index in [2.05, 4.69) is 0 Å². The minimum atomic E-state index is -0.678. The van der Waals surface area contributed by atoms with Crippen LogP contribution in [-0.4, -0.2) is 12.1 Å². The van der Waals surface area contributed by atoms with Crippen LogP contribution in [0.1, 0.15) is 10.6 Å². The van der Waals surface area contributed by atoms with Crippen LogP contribution in [0.25, 0.3) is 10.8 Å². The summed E-state index contributed by atoms with van der Waals surface area (Å²) >= 11 is 5.75. The average molecular weight is 209 g/mol. The summed E-state index contributed by atoms with van der Waals surface area (Å²) in [7, 11) is 0. The van der Waals surface area contributed by atoms with Crippen molar-refractivity contribution >= 4 is 34.4 Å². The SMILES string of the molecule is O=CC(=O)c1occ2ccc(Cl)cc12. The molecule has 1 aromatic heterocycles. The topological polar surface area (TPSA) is 47.3 Å². The summed E-state index contributed by atoms with van der Waals surface area (Å²) in [5, 5.41) is 1.81. The van der Waals surface area contributed by atoms with Crippen LogP contribution in [0.4, 0.5) is 0 Å². The van der Waals surface area contributed by atoms with Crippen molar-refractivity contribution in [3.8, 4) is 0 Å². The third kappa shape index (κ3) is 1.32. The molecular weight excluding hydrogens is 204 g/mol. The number of halogens is 1. The first kappa shape index (κ1) is 8.97. The van der Waals surface area contributed by atoms with Crippen molar-refractivity contribution in [1.29, 1.82) is 0 Å². The van der Waals surface area contributed by atoms with Crippen molar-refractivity contribution in [2.45, 2.75) is 0 Å². The van der Waals surface area contributed by atoms with Gasteiger partial charge in [-0.15, -0.1) is 0 Å². The predicted molar refractivity (Wildman–Crippen MR) is 51.6 cm³/mol. The lowest BCUT2D eigenvalue weighted by atomic mass is 10.1. The second-order valence-corrected chi connectivity index (χ2v) is 3.21. The molecule has 0 N–H and O–H groups in total. The van der Waals surface area contributed by atoms with E-state index in [1.54, 1.807) is 18.2 Å². The Kier molecular flexibility index (Phi) is 2.09. The number of furan rings is 1. The van der Waals surface area contributed by atoms with Gasteiger partial charge in [-0.3, -0.25) is 9.59 Å². The molecule has 2 aromatic rings. The van der Waals surface area contributed by atoms with Crippen molar-refractivity contribution in [3.05, 3.63) is 35.2 Å². The Morgan fingerprint density at radius 1 is 1.43 bits per heavy atom. The van der Waals surface area contributed by atoms with E-state index in [1.807, 2.05) is 0 Å². The van der Waals surface area contributed by atoms with Crippen molar-refractivity contribution in [3.63, 3.8) is 0 Å². The number of hydrogen-bond donors (Lipinski definition) is 0. The van der Waals surface area contributed by atoms with Gasteiger partial charge in [0.2, 0.25) is 0 Å². The lowest BCUT2D eigenvalue weighted by molar-refractivity contribution is -0.104. The van der Waals surface area contributed by atoms with E-state index >= 15 is 0 Å². The van der Waals surface area contributed by atoms with Crippen LogP contribution in [-0.2, 0) is 4.79 Å². The molecular formula is C10H5ClO3. The smallest absolute Gasteiger partial charge is 0.261 e. The number of fused-ring (bicyclic) bond motifs is 1. The summed E-state index contributed by atoms with van der Waals surface area (Å²) in [5.74, 6) is -0.639. The van der Waals surface area contributed by atoms with Gasteiger partial charge >= 0.3 is 0 Å². The van der Waals surface area contributed by atoms with Crippen molar-refractivity contribution in [2.75, 3.05) is 0 Å². The quantitative estimate of drug-likeness (QED) is 0.433. The molecule has 0 fully saturated rings. The molecule has 0 unspecified atom stereocenters. The molecule has 0 saturated carbocycles. The zero-order valence-corrected chi connectivity index (χ0v) is 7.75. The third-order valence-electron chi connectivity index (χ3n) is 1.89. The van der Waals surface area contributed by atoms with E-state index in [0.29, 0.717) is 10.4 Å². The number of aldehydes is 1. The fourth-order valence-corrected chi connectivity index (χ4v) is 1.43. The number of Topliss-reactive ketones (excluding diaryl/α,β-unsaturated/α-hetero) is 1. The van der Waals surface area contributed by atoms with Gasteiger partial charge in [0.15, 0.2) is 12.0 Å². The average Bonchev–Trinajstić information content (AvgIpc) is 2.59.